The first kappa shape index (κ1) is 13.6. The molecule has 1 aliphatic heterocycles. The Bertz CT molecular complexity index is 479. The Labute approximate surface area is 116 Å². The van der Waals surface area contributed by atoms with Crippen LogP contribution in [0.15, 0.2) is 23.1 Å². The van der Waals surface area contributed by atoms with Crippen molar-refractivity contribution in [2.45, 2.75) is 30.7 Å². The fraction of sp³-hybridized carbons (Fsp3) is 0.500. The van der Waals surface area contributed by atoms with Crippen LogP contribution >= 0.6 is 23.5 Å². The van der Waals surface area contributed by atoms with Crippen molar-refractivity contribution in [1.82, 2.24) is 4.31 Å². The molecule has 6 heteroatoms. The number of benzene rings is 1. The molecule has 2 rings (SSSR count). The van der Waals surface area contributed by atoms with Gasteiger partial charge >= 0.3 is 0 Å². The van der Waals surface area contributed by atoms with E-state index in [2.05, 4.69) is 18.2 Å². The second kappa shape index (κ2) is 5.07. The van der Waals surface area contributed by atoms with E-state index in [0.717, 1.165) is 23.4 Å². The lowest BCUT2D eigenvalue weighted by molar-refractivity contribution is -0.385. The average molecular weight is 287 g/mol. The van der Waals surface area contributed by atoms with Crippen LogP contribution in [0.25, 0.3) is 0 Å². The van der Waals surface area contributed by atoms with Gasteiger partial charge in [-0.05, 0) is 43.8 Å². The molecule has 0 saturated carbocycles. The van der Waals surface area contributed by atoms with Crippen molar-refractivity contribution in [3.63, 3.8) is 0 Å². The predicted octanol–water partition coefficient (Wildman–Crippen LogP) is 3.78. The zero-order valence-corrected chi connectivity index (χ0v) is 11.9. The number of hydrogen-bond acceptors (Lipinski definition) is 4. The maximum atomic E-state index is 10.8. The van der Waals surface area contributed by atoms with Crippen LogP contribution < -0.4 is 0 Å². The first-order valence-electron chi connectivity index (χ1n) is 5.77. The fourth-order valence-corrected chi connectivity index (χ4v) is 3.59. The summed E-state index contributed by atoms with van der Waals surface area (Å²) in [5, 5.41) is 10.8. The van der Waals surface area contributed by atoms with Crippen LogP contribution in [0.1, 0.15) is 25.8 Å². The lowest BCUT2D eigenvalue weighted by Gasteiger charge is -2.30. The van der Waals surface area contributed by atoms with Crippen molar-refractivity contribution in [1.29, 1.82) is 0 Å². The molecule has 0 amide bonds. The van der Waals surface area contributed by atoms with Crippen molar-refractivity contribution in [2.24, 2.45) is 0 Å². The molecule has 98 valence electrons. The first-order valence-corrected chi connectivity index (χ1v) is 7.08. The maximum absolute atomic E-state index is 10.8. The number of nitro benzene ring substituents is 1. The molecule has 0 radical (unpaired) electrons. The second-order valence-corrected chi connectivity index (χ2v) is 6.17. The highest BCUT2D eigenvalue weighted by Crippen LogP contribution is 2.48. The summed E-state index contributed by atoms with van der Waals surface area (Å²) in [5.74, 6) is 0.629. The largest absolute Gasteiger partial charge is 0.270 e. The van der Waals surface area contributed by atoms with Crippen LogP contribution in [0.5, 0.6) is 0 Å². The van der Waals surface area contributed by atoms with Gasteiger partial charge in [-0.3, -0.25) is 10.1 Å². The molecule has 18 heavy (non-hydrogen) atoms. The minimum atomic E-state index is -0.352. The van der Waals surface area contributed by atoms with Gasteiger partial charge in [0.1, 0.15) is 0 Å². The number of nitro groups is 1. The number of halogens is 1. The Kier molecular flexibility index (Phi) is 3.84. The first-order chi connectivity index (χ1) is 8.46. The second-order valence-electron chi connectivity index (χ2n) is 4.73. The molecule has 1 heterocycles. The molecule has 0 atom stereocenters. The summed E-state index contributed by atoms with van der Waals surface area (Å²) in [5.41, 5.74) is 1.19. The highest BCUT2D eigenvalue weighted by molar-refractivity contribution is 7.97. The van der Waals surface area contributed by atoms with Gasteiger partial charge in [0, 0.05) is 29.5 Å². The van der Waals surface area contributed by atoms with E-state index in [4.69, 9.17) is 11.6 Å². The minimum Gasteiger partial charge on any atom is -0.258 e. The molecule has 4 nitrogen and oxygen atoms in total. The molecule has 0 spiro atoms. The van der Waals surface area contributed by atoms with Gasteiger partial charge in [0.25, 0.3) is 5.69 Å². The van der Waals surface area contributed by atoms with Crippen molar-refractivity contribution in [3.8, 4) is 0 Å². The van der Waals surface area contributed by atoms with Crippen LogP contribution in [0.3, 0.4) is 0 Å². The quantitative estimate of drug-likeness (QED) is 0.366. The normalized spacial score (nSPS) is 17.7. The van der Waals surface area contributed by atoms with Crippen molar-refractivity contribution >= 4 is 29.2 Å². The molecule has 0 unspecified atom stereocenters. The number of rotatable bonds is 4. The third-order valence-electron chi connectivity index (χ3n) is 3.16. The number of non-ortho nitro benzene ring substituents is 1. The standard InChI is InChI=1S/C12H15ClN2O2S/c1-12(2)10-5-4-9(15(16)17)8-11(10)18-14(12)7-3-6-13/h4-5,8H,3,6-7H2,1-2H3. The van der Waals surface area contributed by atoms with Crippen molar-refractivity contribution in [2.75, 3.05) is 12.4 Å². The van der Waals surface area contributed by atoms with Crippen LogP contribution in [0.4, 0.5) is 5.69 Å². The third-order valence-corrected chi connectivity index (χ3v) is 4.82. The number of fused-ring (bicyclic) bond motifs is 1. The summed E-state index contributed by atoms with van der Waals surface area (Å²) >= 11 is 7.31. The summed E-state index contributed by atoms with van der Waals surface area (Å²) < 4.78 is 2.24. The predicted molar refractivity (Wildman–Crippen MR) is 74.0 cm³/mol. The SMILES string of the molecule is CC1(C)c2ccc([N+](=O)[O-])cc2SN1CCCCl. The summed E-state index contributed by atoms with van der Waals surface area (Å²) in [4.78, 5) is 11.4. The minimum absolute atomic E-state index is 0.110. The van der Waals surface area contributed by atoms with Crippen LogP contribution in [0.2, 0.25) is 0 Å². The maximum Gasteiger partial charge on any atom is 0.270 e. The van der Waals surface area contributed by atoms with E-state index in [1.165, 1.54) is 0 Å². The monoisotopic (exact) mass is 286 g/mol. The zero-order valence-electron chi connectivity index (χ0n) is 10.4. The Morgan fingerprint density at radius 1 is 1.50 bits per heavy atom. The van der Waals surface area contributed by atoms with E-state index < -0.39 is 0 Å². The Morgan fingerprint density at radius 2 is 2.22 bits per heavy atom. The van der Waals surface area contributed by atoms with E-state index in [1.54, 1.807) is 24.1 Å². The van der Waals surface area contributed by atoms with Crippen LogP contribution in [0, 0.1) is 10.1 Å². The lowest BCUT2D eigenvalue weighted by atomic mass is 9.94. The molecule has 0 fully saturated rings. The fourth-order valence-electron chi connectivity index (χ4n) is 2.10. The van der Waals surface area contributed by atoms with Gasteiger partial charge in [0.2, 0.25) is 0 Å². The van der Waals surface area contributed by atoms with Crippen molar-refractivity contribution < 1.29 is 4.92 Å². The molecule has 1 aliphatic rings. The van der Waals surface area contributed by atoms with Gasteiger partial charge in [-0.15, -0.1) is 11.6 Å². The lowest BCUT2D eigenvalue weighted by Crippen LogP contribution is -2.33. The molecule has 0 aliphatic carbocycles. The molecule has 0 bridgehead atoms. The van der Waals surface area contributed by atoms with E-state index >= 15 is 0 Å². The number of nitrogens with zero attached hydrogens (tertiary/aromatic N) is 2. The summed E-state index contributed by atoms with van der Waals surface area (Å²) in [7, 11) is 0. The van der Waals surface area contributed by atoms with Crippen LogP contribution in [-0.4, -0.2) is 21.7 Å². The van der Waals surface area contributed by atoms with Crippen molar-refractivity contribution in [3.05, 3.63) is 33.9 Å². The number of alkyl halides is 1. The Hall–Kier alpha value is -0.780. The Morgan fingerprint density at radius 3 is 2.83 bits per heavy atom. The number of hydrogen-bond donors (Lipinski definition) is 0. The Balaban J connectivity index is 2.30. The summed E-state index contributed by atoms with van der Waals surface area (Å²) in [6.07, 6.45) is 0.911. The topological polar surface area (TPSA) is 46.4 Å². The zero-order chi connectivity index (χ0) is 13.3. The van der Waals surface area contributed by atoms with E-state index in [1.807, 2.05) is 6.07 Å². The molecule has 0 N–H and O–H groups in total. The molecule has 1 aromatic carbocycles. The van der Waals surface area contributed by atoms with Gasteiger partial charge < -0.3 is 0 Å². The van der Waals surface area contributed by atoms with Gasteiger partial charge in [-0.1, -0.05) is 0 Å². The van der Waals surface area contributed by atoms with Gasteiger partial charge in [0.05, 0.1) is 10.5 Å². The van der Waals surface area contributed by atoms with Gasteiger partial charge in [-0.2, -0.15) is 0 Å². The molecule has 0 aromatic heterocycles. The molecular weight excluding hydrogens is 272 g/mol. The summed E-state index contributed by atoms with van der Waals surface area (Å²) in [6.45, 7) is 5.14. The smallest absolute Gasteiger partial charge is 0.258 e. The van der Waals surface area contributed by atoms with E-state index in [-0.39, 0.29) is 16.1 Å². The summed E-state index contributed by atoms with van der Waals surface area (Å²) in [6, 6.07) is 5.09. The van der Waals surface area contributed by atoms with Crippen LogP contribution in [-0.2, 0) is 5.54 Å². The van der Waals surface area contributed by atoms with E-state index in [9.17, 15) is 10.1 Å². The highest BCUT2D eigenvalue weighted by atomic mass is 35.5. The van der Waals surface area contributed by atoms with Gasteiger partial charge in [0.15, 0.2) is 0 Å². The average Bonchev–Trinajstić information content (AvgIpc) is 2.58. The third kappa shape index (κ3) is 2.35. The molecule has 1 aromatic rings. The molecular formula is C12H15ClN2O2S. The highest BCUT2D eigenvalue weighted by Gasteiger charge is 2.38. The van der Waals surface area contributed by atoms with Gasteiger partial charge in [-0.25, -0.2) is 4.31 Å². The molecule has 0 saturated heterocycles. The van der Waals surface area contributed by atoms with E-state index in [0.29, 0.717) is 5.88 Å².